The first kappa shape index (κ1) is 13.9. The molecule has 0 amide bonds. The number of rotatable bonds is 5. The molecule has 1 aliphatic rings. The third kappa shape index (κ3) is 3.36. The van der Waals surface area contributed by atoms with E-state index in [0.29, 0.717) is 12.1 Å². The smallest absolute Gasteiger partial charge is 0.330 e. The Morgan fingerprint density at radius 3 is 2.81 bits per heavy atom. The third-order valence-corrected chi connectivity index (χ3v) is 4.01. The van der Waals surface area contributed by atoms with Crippen molar-refractivity contribution in [3.63, 3.8) is 0 Å². The molecule has 3 N–H and O–H groups in total. The van der Waals surface area contributed by atoms with Crippen molar-refractivity contribution in [2.75, 3.05) is 11.9 Å². The quantitative estimate of drug-likeness (QED) is 0.789. The van der Waals surface area contributed by atoms with E-state index in [2.05, 4.69) is 22.5 Å². The van der Waals surface area contributed by atoms with Crippen LogP contribution in [0.1, 0.15) is 26.2 Å². The molecule has 3 rings (SSSR count). The molecule has 1 aliphatic heterocycles. The van der Waals surface area contributed by atoms with Crippen LogP contribution < -0.4 is 16.3 Å². The van der Waals surface area contributed by atoms with Crippen LogP contribution in [0.3, 0.4) is 0 Å². The molecule has 2 aromatic rings. The van der Waals surface area contributed by atoms with Gasteiger partial charge in [-0.05, 0) is 57.0 Å². The van der Waals surface area contributed by atoms with E-state index in [1.54, 1.807) is 17.0 Å². The lowest BCUT2D eigenvalue weighted by molar-refractivity contribution is 0.523. The third-order valence-electron chi connectivity index (χ3n) is 4.01. The minimum atomic E-state index is -0.114. The Morgan fingerprint density at radius 1 is 1.38 bits per heavy atom. The molecule has 2 atom stereocenters. The van der Waals surface area contributed by atoms with E-state index < -0.39 is 0 Å². The van der Waals surface area contributed by atoms with Crippen LogP contribution in [0, 0.1) is 0 Å². The lowest BCUT2D eigenvalue weighted by Gasteiger charge is -2.19. The molecule has 5 nitrogen and oxygen atoms in total. The molecule has 1 fully saturated rings. The standard InChI is InChI=1S/C16H22N4O/c1-12(11-14-3-2-8-17-14)19-13-4-6-15(7-5-13)20-10-9-18-16(20)21/h4-7,9-10,12,14,17,19H,2-3,8,11H2,1H3,(H,18,21). The molecule has 0 radical (unpaired) electrons. The summed E-state index contributed by atoms with van der Waals surface area (Å²) < 4.78 is 1.59. The van der Waals surface area contributed by atoms with Gasteiger partial charge in [0.25, 0.3) is 0 Å². The first-order valence-electron chi connectivity index (χ1n) is 7.59. The molecule has 0 bridgehead atoms. The fourth-order valence-electron chi connectivity index (χ4n) is 2.97. The van der Waals surface area contributed by atoms with Gasteiger partial charge < -0.3 is 15.6 Å². The Morgan fingerprint density at radius 2 is 2.19 bits per heavy atom. The van der Waals surface area contributed by atoms with Crippen LogP contribution in [0.2, 0.25) is 0 Å². The fraction of sp³-hybridized carbons (Fsp3) is 0.438. The Bertz CT molecular complexity index is 622. The molecule has 0 aliphatic carbocycles. The number of H-pyrrole nitrogens is 1. The zero-order chi connectivity index (χ0) is 14.7. The summed E-state index contributed by atoms with van der Waals surface area (Å²) in [5.41, 5.74) is 1.85. The summed E-state index contributed by atoms with van der Waals surface area (Å²) in [6, 6.07) is 9.03. The number of benzene rings is 1. The molecular weight excluding hydrogens is 264 g/mol. The van der Waals surface area contributed by atoms with Gasteiger partial charge in [-0.25, -0.2) is 4.79 Å². The van der Waals surface area contributed by atoms with Gasteiger partial charge in [-0.1, -0.05) is 0 Å². The summed E-state index contributed by atoms with van der Waals surface area (Å²) in [5, 5.41) is 7.05. The zero-order valence-corrected chi connectivity index (χ0v) is 12.3. The number of nitrogens with one attached hydrogen (secondary N) is 3. The van der Waals surface area contributed by atoms with E-state index in [1.165, 1.54) is 12.8 Å². The van der Waals surface area contributed by atoms with Gasteiger partial charge in [-0.3, -0.25) is 4.57 Å². The number of hydrogen-bond donors (Lipinski definition) is 3. The maximum atomic E-state index is 11.6. The van der Waals surface area contributed by atoms with Crippen LogP contribution in [0.25, 0.3) is 5.69 Å². The maximum absolute atomic E-state index is 11.6. The van der Waals surface area contributed by atoms with Crippen molar-refractivity contribution in [1.82, 2.24) is 14.9 Å². The van der Waals surface area contributed by atoms with Gasteiger partial charge in [0, 0.05) is 30.2 Å². The van der Waals surface area contributed by atoms with Gasteiger partial charge in [0.1, 0.15) is 0 Å². The van der Waals surface area contributed by atoms with Crippen molar-refractivity contribution in [2.45, 2.75) is 38.3 Å². The number of imidazole rings is 1. The summed E-state index contributed by atoms with van der Waals surface area (Å²) in [5.74, 6) is 0. The number of aromatic amines is 1. The largest absolute Gasteiger partial charge is 0.383 e. The minimum absolute atomic E-state index is 0.114. The molecule has 0 spiro atoms. The lowest BCUT2D eigenvalue weighted by atomic mass is 10.1. The molecule has 1 aromatic heterocycles. The second-order valence-electron chi connectivity index (χ2n) is 5.76. The molecule has 2 heterocycles. The van der Waals surface area contributed by atoms with Crippen LogP contribution in [0.5, 0.6) is 0 Å². The molecule has 1 aromatic carbocycles. The van der Waals surface area contributed by atoms with Crippen molar-refractivity contribution in [1.29, 1.82) is 0 Å². The molecule has 2 unspecified atom stereocenters. The summed E-state index contributed by atoms with van der Waals surface area (Å²) in [4.78, 5) is 14.2. The van der Waals surface area contributed by atoms with Gasteiger partial charge >= 0.3 is 5.69 Å². The zero-order valence-electron chi connectivity index (χ0n) is 12.3. The van der Waals surface area contributed by atoms with E-state index in [1.807, 2.05) is 24.3 Å². The average molecular weight is 286 g/mol. The molecule has 1 saturated heterocycles. The summed E-state index contributed by atoms with van der Waals surface area (Å²) in [6.45, 7) is 3.36. The second-order valence-corrected chi connectivity index (χ2v) is 5.76. The Hall–Kier alpha value is -2.01. The van der Waals surface area contributed by atoms with Gasteiger partial charge in [0.2, 0.25) is 0 Å². The first-order chi connectivity index (χ1) is 10.2. The van der Waals surface area contributed by atoms with Crippen LogP contribution in [0.15, 0.2) is 41.5 Å². The second kappa shape index (κ2) is 6.18. The Kier molecular flexibility index (Phi) is 4.10. The van der Waals surface area contributed by atoms with E-state index in [9.17, 15) is 4.79 Å². The van der Waals surface area contributed by atoms with Crippen molar-refractivity contribution in [3.8, 4) is 5.69 Å². The number of nitrogens with zero attached hydrogens (tertiary/aromatic N) is 1. The average Bonchev–Trinajstić information content (AvgIpc) is 3.11. The Balaban J connectivity index is 1.61. The summed E-state index contributed by atoms with van der Waals surface area (Å²) in [6.07, 6.45) is 7.09. The van der Waals surface area contributed by atoms with Crippen LogP contribution in [0.4, 0.5) is 5.69 Å². The highest BCUT2D eigenvalue weighted by Crippen LogP contribution is 2.16. The van der Waals surface area contributed by atoms with Gasteiger partial charge in [0.15, 0.2) is 0 Å². The van der Waals surface area contributed by atoms with E-state index >= 15 is 0 Å². The predicted molar refractivity (Wildman–Crippen MR) is 85.1 cm³/mol. The first-order valence-corrected chi connectivity index (χ1v) is 7.59. The number of aromatic nitrogens is 2. The molecular formula is C16H22N4O. The van der Waals surface area contributed by atoms with E-state index in [-0.39, 0.29) is 5.69 Å². The minimum Gasteiger partial charge on any atom is -0.383 e. The van der Waals surface area contributed by atoms with Crippen molar-refractivity contribution in [2.24, 2.45) is 0 Å². The summed E-state index contributed by atoms with van der Waals surface area (Å²) >= 11 is 0. The molecule has 0 saturated carbocycles. The van der Waals surface area contributed by atoms with Gasteiger partial charge in [-0.2, -0.15) is 0 Å². The maximum Gasteiger partial charge on any atom is 0.330 e. The van der Waals surface area contributed by atoms with Crippen molar-refractivity contribution in [3.05, 3.63) is 47.1 Å². The fourth-order valence-corrected chi connectivity index (χ4v) is 2.97. The van der Waals surface area contributed by atoms with Crippen LogP contribution in [-0.4, -0.2) is 28.2 Å². The Labute approximate surface area is 124 Å². The lowest BCUT2D eigenvalue weighted by Crippen LogP contribution is -2.29. The van der Waals surface area contributed by atoms with Gasteiger partial charge in [0.05, 0.1) is 5.69 Å². The van der Waals surface area contributed by atoms with Crippen molar-refractivity contribution < 1.29 is 0 Å². The molecule has 112 valence electrons. The van der Waals surface area contributed by atoms with E-state index in [0.717, 1.165) is 24.3 Å². The molecule has 5 heteroatoms. The highest BCUT2D eigenvalue weighted by molar-refractivity contribution is 5.49. The predicted octanol–water partition coefficient (Wildman–Crippen LogP) is 2.11. The highest BCUT2D eigenvalue weighted by atomic mass is 16.1. The van der Waals surface area contributed by atoms with Crippen LogP contribution in [-0.2, 0) is 0 Å². The highest BCUT2D eigenvalue weighted by Gasteiger charge is 2.16. The van der Waals surface area contributed by atoms with Gasteiger partial charge in [-0.15, -0.1) is 0 Å². The number of anilines is 1. The number of hydrogen-bond acceptors (Lipinski definition) is 3. The van der Waals surface area contributed by atoms with Crippen LogP contribution >= 0.6 is 0 Å². The SMILES string of the molecule is CC(CC1CCCN1)Nc1ccc(-n2cc[nH]c2=O)cc1. The monoisotopic (exact) mass is 286 g/mol. The van der Waals surface area contributed by atoms with Crippen molar-refractivity contribution >= 4 is 5.69 Å². The normalized spacial score (nSPS) is 19.6. The molecule has 21 heavy (non-hydrogen) atoms. The summed E-state index contributed by atoms with van der Waals surface area (Å²) in [7, 11) is 0. The van der Waals surface area contributed by atoms with E-state index in [4.69, 9.17) is 0 Å². The topological polar surface area (TPSA) is 61.9 Å².